The van der Waals surface area contributed by atoms with E-state index in [2.05, 4.69) is 43.1 Å². The summed E-state index contributed by atoms with van der Waals surface area (Å²) in [6.45, 7) is 5.19. The average molecular weight is 353 g/mol. The molecule has 0 aliphatic rings. The number of aromatic nitrogens is 3. The number of rotatable bonds is 7. The second-order valence-electron chi connectivity index (χ2n) is 4.14. The van der Waals surface area contributed by atoms with Crippen LogP contribution in [-0.2, 0) is 0 Å². The molecule has 0 saturated heterocycles. The first kappa shape index (κ1) is 15.5. The van der Waals surface area contributed by atoms with Gasteiger partial charge in [-0.3, -0.25) is 0 Å². The van der Waals surface area contributed by atoms with Gasteiger partial charge in [0, 0.05) is 11.0 Å². The van der Waals surface area contributed by atoms with Crippen LogP contribution in [0.2, 0.25) is 0 Å². The molecule has 6 nitrogen and oxygen atoms in total. The first-order valence-electron chi connectivity index (χ1n) is 6.77. The molecule has 21 heavy (non-hydrogen) atoms. The zero-order chi connectivity index (χ0) is 15.1. The van der Waals surface area contributed by atoms with Crippen LogP contribution in [0.5, 0.6) is 17.8 Å². The molecule has 0 aliphatic heterocycles. The largest absolute Gasteiger partial charge is 0.464 e. The van der Waals surface area contributed by atoms with Gasteiger partial charge in [-0.15, -0.1) is 4.98 Å². The van der Waals surface area contributed by atoms with Gasteiger partial charge in [0.1, 0.15) is 5.75 Å². The van der Waals surface area contributed by atoms with E-state index >= 15 is 0 Å². The minimum absolute atomic E-state index is 0.199. The maximum Gasteiger partial charge on any atom is 0.330 e. The maximum atomic E-state index is 5.65. The summed E-state index contributed by atoms with van der Waals surface area (Å²) in [5.41, 5.74) is 0. The average Bonchev–Trinajstić information content (AvgIpc) is 2.45. The van der Waals surface area contributed by atoms with Crippen molar-refractivity contribution in [1.29, 1.82) is 0 Å². The topological polar surface area (TPSA) is 69.2 Å². The summed E-state index contributed by atoms with van der Waals surface area (Å²) in [5, 5.41) is 3.10. The molecule has 0 spiro atoms. The Morgan fingerprint density at radius 2 is 1.95 bits per heavy atom. The van der Waals surface area contributed by atoms with Crippen molar-refractivity contribution in [1.82, 2.24) is 15.0 Å². The summed E-state index contributed by atoms with van der Waals surface area (Å²) in [4.78, 5) is 12.5. The van der Waals surface area contributed by atoms with Crippen molar-refractivity contribution in [3.05, 3.63) is 28.7 Å². The molecule has 1 heterocycles. The minimum Gasteiger partial charge on any atom is -0.464 e. The molecule has 0 amide bonds. The monoisotopic (exact) mass is 352 g/mol. The van der Waals surface area contributed by atoms with Gasteiger partial charge in [0.15, 0.2) is 0 Å². The number of benzene rings is 1. The van der Waals surface area contributed by atoms with Gasteiger partial charge in [0.2, 0.25) is 5.95 Å². The SMILES string of the molecule is CCCNc1nc(OCC)nc(Oc2cccc(Br)c2)n1. The number of nitrogens with zero attached hydrogens (tertiary/aromatic N) is 3. The summed E-state index contributed by atoms with van der Waals surface area (Å²) in [6, 6.07) is 7.90. The summed E-state index contributed by atoms with van der Waals surface area (Å²) >= 11 is 3.39. The van der Waals surface area contributed by atoms with Gasteiger partial charge in [0.25, 0.3) is 0 Å². The Bertz CT molecular complexity index is 595. The van der Waals surface area contributed by atoms with E-state index in [9.17, 15) is 0 Å². The van der Waals surface area contributed by atoms with Crippen LogP contribution in [-0.4, -0.2) is 28.1 Å². The Labute approximate surface area is 132 Å². The van der Waals surface area contributed by atoms with Gasteiger partial charge in [0.05, 0.1) is 6.61 Å². The molecule has 0 atom stereocenters. The van der Waals surface area contributed by atoms with Gasteiger partial charge in [-0.05, 0) is 31.5 Å². The zero-order valence-corrected chi connectivity index (χ0v) is 13.6. The molecule has 2 rings (SSSR count). The number of halogens is 1. The van der Waals surface area contributed by atoms with Crippen molar-refractivity contribution in [2.45, 2.75) is 20.3 Å². The summed E-state index contributed by atoms with van der Waals surface area (Å²) < 4.78 is 11.9. The van der Waals surface area contributed by atoms with Crippen LogP contribution in [0.3, 0.4) is 0 Å². The minimum atomic E-state index is 0.199. The molecule has 112 valence electrons. The Balaban J connectivity index is 2.22. The lowest BCUT2D eigenvalue weighted by atomic mass is 10.3. The lowest BCUT2D eigenvalue weighted by molar-refractivity contribution is 0.304. The van der Waals surface area contributed by atoms with Gasteiger partial charge in [-0.2, -0.15) is 9.97 Å². The lowest BCUT2D eigenvalue weighted by Crippen LogP contribution is -2.08. The Morgan fingerprint density at radius 3 is 2.67 bits per heavy atom. The quantitative estimate of drug-likeness (QED) is 0.820. The van der Waals surface area contributed by atoms with E-state index in [1.54, 1.807) is 0 Å². The van der Waals surface area contributed by atoms with E-state index in [-0.39, 0.29) is 12.0 Å². The molecule has 2 aromatic rings. The van der Waals surface area contributed by atoms with Crippen LogP contribution in [0.25, 0.3) is 0 Å². The highest BCUT2D eigenvalue weighted by molar-refractivity contribution is 9.10. The molecular formula is C14H17BrN4O2. The van der Waals surface area contributed by atoms with Crippen molar-refractivity contribution in [2.24, 2.45) is 0 Å². The summed E-state index contributed by atoms with van der Waals surface area (Å²) in [6.07, 6.45) is 0.970. The predicted octanol–water partition coefficient (Wildman–Crippen LogP) is 3.65. The predicted molar refractivity (Wildman–Crippen MR) is 84.0 cm³/mol. The number of anilines is 1. The molecule has 0 saturated carbocycles. The number of hydrogen-bond donors (Lipinski definition) is 1. The fourth-order valence-electron chi connectivity index (χ4n) is 1.53. The maximum absolute atomic E-state index is 5.65. The van der Waals surface area contributed by atoms with Crippen LogP contribution in [0.15, 0.2) is 28.7 Å². The van der Waals surface area contributed by atoms with E-state index < -0.39 is 0 Å². The molecular weight excluding hydrogens is 336 g/mol. The van der Waals surface area contributed by atoms with Crippen molar-refractivity contribution in [3.63, 3.8) is 0 Å². The van der Waals surface area contributed by atoms with E-state index in [0.29, 0.717) is 18.3 Å². The third-order valence-corrected chi connectivity index (χ3v) is 2.90. The fraction of sp³-hybridized carbons (Fsp3) is 0.357. The van der Waals surface area contributed by atoms with E-state index in [4.69, 9.17) is 9.47 Å². The highest BCUT2D eigenvalue weighted by Gasteiger charge is 2.09. The lowest BCUT2D eigenvalue weighted by Gasteiger charge is -2.09. The molecule has 1 aromatic heterocycles. The molecule has 0 bridgehead atoms. The van der Waals surface area contributed by atoms with Crippen LogP contribution < -0.4 is 14.8 Å². The first-order valence-corrected chi connectivity index (χ1v) is 7.56. The number of hydrogen-bond acceptors (Lipinski definition) is 6. The molecule has 1 N–H and O–H groups in total. The van der Waals surface area contributed by atoms with Gasteiger partial charge in [-0.1, -0.05) is 28.9 Å². The Kier molecular flexibility index (Phi) is 5.74. The highest BCUT2D eigenvalue weighted by Crippen LogP contribution is 2.23. The fourth-order valence-corrected chi connectivity index (χ4v) is 1.91. The molecule has 0 fully saturated rings. The normalized spacial score (nSPS) is 10.2. The first-order chi connectivity index (χ1) is 10.2. The van der Waals surface area contributed by atoms with Gasteiger partial charge < -0.3 is 14.8 Å². The Hall–Kier alpha value is -1.89. The standard InChI is InChI=1S/C14H17BrN4O2/c1-3-8-16-12-17-13(20-4-2)19-14(18-12)21-11-7-5-6-10(15)9-11/h5-7,9H,3-4,8H2,1-2H3,(H,16,17,18,19). The second kappa shape index (κ2) is 7.78. The van der Waals surface area contributed by atoms with Crippen molar-refractivity contribution < 1.29 is 9.47 Å². The second-order valence-corrected chi connectivity index (χ2v) is 5.06. The number of nitrogens with one attached hydrogen (secondary N) is 1. The van der Waals surface area contributed by atoms with Crippen molar-refractivity contribution >= 4 is 21.9 Å². The van der Waals surface area contributed by atoms with Crippen molar-refractivity contribution in [3.8, 4) is 17.8 Å². The van der Waals surface area contributed by atoms with Crippen LogP contribution in [0, 0.1) is 0 Å². The number of ether oxygens (including phenoxy) is 2. The molecule has 7 heteroatoms. The van der Waals surface area contributed by atoms with E-state index in [1.165, 1.54) is 0 Å². The van der Waals surface area contributed by atoms with E-state index in [0.717, 1.165) is 17.4 Å². The Morgan fingerprint density at radius 1 is 1.14 bits per heavy atom. The van der Waals surface area contributed by atoms with Crippen LogP contribution in [0.1, 0.15) is 20.3 Å². The summed E-state index contributed by atoms with van der Waals surface area (Å²) in [7, 11) is 0. The molecule has 0 radical (unpaired) electrons. The van der Waals surface area contributed by atoms with Gasteiger partial charge in [-0.25, -0.2) is 0 Å². The molecule has 0 aliphatic carbocycles. The van der Waals surface area contributed by atoms with Gasteiger partial charge >= 0.3 is 12.0 Å². The smallest absolute Gasteiger partial charge is 0.330 e. The van der Waals surface area contributed by atoms with E-state index in [1.807, 2.05) is 31.2 Å². The summed E-state index contributed by atoms with van der Waals surface area (Å²) in [5.74, 6) is 1.08. The molecule has 1 aromatic carbocycles. The highest BCUT2D eigenvalue weighted by atomic mass is 79.9. The van der Waals surface area contributed by atoms with Crippen LogP contribution >= 0.6 is 15.9 Å². The third kappa shape index (κ3) is 4.86. The zero-order valence-electron chi connectivity index (χ0n) is 12.0. The van der Waals surface area contributed by atoms with Crippen LogP contribution in [0.4, 0.5) is 5.95 Å². The third-order valence-electron chi connectivity index (χ3n) is 2.41. The molecule has 0 unspecified atom stereocenters. The van der Waals surface area contributed by atoms with Crippen molar-refractivity contribution in [2.75, 3.05) is 18.5 Å².